The molecule has 1 aromatic heterocycles. The maximum absolute atomic E-state index is 12.6. The number of carbonyl (C=O) groups is 2. The van der Waals surface area contributed by atoms with Crippen LogP contribution in [0, 0.1) is 5.92 Å². The second-order valence-corrected chi connectivity index (χ2v) is 8.40. The molecule has 1 fully saturated rings. The number of amides is 2. The molecule has 2 heterocycles. The van der Waals surface area contributed by atoms with E-state index in [1.54, 1.807) is 6.20 Å². The van der Waals surface area contributed by atoms with Crippen molar-refractivity contribution in [3.63, 3.8) is 0 Å². The van der Waals surface area contributed by atoms with Crippen LogP contribution >= 0.6 is 0 Å². The van der Waals surface area contributed by atoms with Gasteiger partial charge in [0.25, 0.3) is 5.91 Å². The van der Waals surface area contributed by atoms with Gasteiger partial charge in [-0.3, -0.25) is 14.5 Å². The zero-order chi connectivity index (χ0) is 22.4. The molecule has 7 heteroatoms. The summed E-state index contributed by atoms with van der Waals surface area (Å²) in [5.41, 5.74) is 7.90. The maximum atomic E-state index is 12.6. The fraction of sp³-hybridized carbons (Fsp3) is 0.458. The van der Waals surface area contributed by atoms with Crippen LogP contribution < -0.4 is 16.0 Å². The van der Waals surface area contributed by atoms with Crippen LogP contribution in [0.3, 0.4) is 0 Å². The molecule has 3 rings (SSSR count). The number of primary amides is 1. The van der Waals surface area contributed by atoms with Gasteiger partial charge in [-0.05, 0) is 63.1 Å². The lowest BCUT2D eigenvalue weighted by atomic mass is 9.97. The van der Waals surface area contributed by atoms with Gasteiger partial charge in [0, 0.05) is 31.2 Å². The normalized spacial score (nSPS) is 16.5. The lowest BCUT2D eigenvalue weighted by molar-refractivity contribution is -0.122. The molecule has 0 aliphatic carbocycles. The average molecular weight is 424 g/mol. The second kappa shape index (κ2) is 10.4. The Labute approximate surface area is 184 Å². The number of nitrogens with one attached hydrogen (secondary N) is 1. The number of hydrogen-bond donors (Lipinski definition) is 2. The van der Waals surface area contributed by atoms with Gasteiger partial charge in [-0.1, -0.05) is 19.1 Å². The molecule has 0 radical (unpaired) electrons. The number of nitrogens with two attached hydrogens (primary N) is 1. The molecule has 3 N–H and O–H groups in total. The van der Waals surface area contributed by atoms with Crippen molar-refractivity contribution in [3.05, 3.63) is 53.7 Å². The van der Waals surface area contributed by atoms with Crippen molar-refractivity contribution in [1.29, 1.82) is 0 Å². The van der Waals surface area contributed by atoms with Crippen molar-refractivity contribution in [2.24, 2.45) is 11.7 Å². The van der Waals surface area contributed by atoms with Crippen LogP contribution in [0.15, 0.2) is 42.6 Å². The van der Waals surface area contributed by atoms with E-state index in [2.05, 4.69) is 40.9 Å². The molecular weight excluding hydrogens is 390 g/mol. The van der Waals surface area contributed by atoms with Crippen molar-refractivity contribution in [2.45, 2.75) is 46.2 Å². The van der Waals surface area contributed by atoms with E-state index in [-0.39, 0.29) is 17.7 Å². The summed E-state index contributed by atoms with van der Waals surface area (Å²) < 4.78 is 0. The quantitative estimate of drug-likeness (QED) is 0.680. The summed E-state index contributed by atoms with van der Waals surface area (Å²) in [6, 6.07) is 11.9. The van der Waals surface area contributed by atoms with Crippen LogP contribution in [0.2, 0.25) is 0 Å². The van der Waals surface area contributed by atoms with E-state index in [1.807, 2.05) is 36.4 Å². The molecule has 1 aliphatic rings. The molecule has 1 aromatic carbocycles. The molecule has 1 aliphatic heterocycles. The third-order valence-electron chi connectivity index (χ3n) is 5.89. The number of pyridine rings is 1. The van der Waals surface area contributed by atoms with E-state index < -0.39 is 0 Å². The van der Waals surface area contributed by atoms with E-state index >= 15 is 0 Å². The van der Waals surface area contributed by atoms with Gasteiger partial charge in [0.1, 0.15) is 5.82 Å². The lowest BCUT2D eigenvalue weighted by Crippen LogP contribution is -2.41. The molecule has 31 heavy (non-hydrogen) atoms. The van der Waals surface area contributed by atoms with Gasteiger partial charge < -0.3 is 16.0 Å². The van der Waals surface area contributed by atoms with E-state index in [0.29, 0.717) is 23.8 Å². The van der Waals surface area contributed by atoms with Gasteiger partial charge in [-0.15, -0.1) is 0 Å². The summed E-state index contributed by atoms with van der Waals surface area (Å²) >= 11 is 0. The van der Waals surface area contributed by atoms with Gasteiger partial charge in [0.2, 0.25) is 5.91 Å². The fourth-order valence-corrected chi connectivity index (χ4v) is 3.92. The summed E-state index contributed by atoms with van der Waals surface area (Å²) in [4.78, 5) is 33.0. The zero-order valence-electron chi connectivity index (χ0n) is 18.7. The van der Waals surface area contributed by atoms with Crippen molar-refractivity contribution in [3.8, 4) is 0 Å². The van der Waals surface area contributed by atoms with Crippen LogP contribution in [0.5, 0.6) is 0 Å². The highest BCUT2D eigenvalue weighted by molar-refractivity contribution is 6.04. The minimum Gasteiger partial charge on any atom is -0.369 e. The first kappa shape index (κ1) is 22.7. The Morgan fingerprint density at radius 2 is 1.97 bits per heavy atom. The molecule has 1 unspecified atom stereocenters. The van der Waals surface area contributed by atoms with Gasteiger partial charge >= 0.3 is 0 Å². The van der Waals surface area contributed by atoms with Crippen LogP contribution in [0.4, 0.5) is 11.5 Å². The maximum Gasteiger partial charge on any atom is 0.255 e. The molecular formula is C24H33N5O2. The van der Waals surface area contributed by atoms with Gasteiger partial charge in [0.15, 0.2) is 0 Å². The predicted molar refractivity (Wildman–Crippen MR) is 124 cm³/mol. The third-order valence-corrected chi connectivity index (χ3v) is 5.89. The van der Waals surface area contributed by atoms with E-state index in [0.717, 1.165) is 38.3 Å². The summed E-state index contributed by atoms with van der Waals surface area (Å²) in [5, 5.41) is 2.90. The summed E-state index contributed by atoms with van der Waals surface area (Å²) in [7, 11) is 0. The summed E-state index contributed by atoms with van der Waals surface area (Å²) in [5.74, 6) is 0.233. The van der Waals surface area contributed by atoms with Crippen LogP contribution in [-0.4, -0.2) is 47.4 Å². The molecule has 1 saturated heterocycles. The number of anilines is 2. The highest BCUT2D eigenvalue weighted by Gasteiger charge is 2.24. The molecule has 7 nitrogen and oxygen atoms in total. The average Bonchev–Trinajstić information content (AvgIpc) is 2.78. The molecule has 0 bridgehead atoms. The predicted octanol–water partition coefficient (Wildman–Crippen LogP) is 3.27. The molecule has 0 saturated carbocycles. The van der Waals surface area contributed by atoms with Crippen LogP contribution in [0.1, 0.15) is 49.5 Å². The number of rotatable bonds is 8. The van der Waals surface area contributed by atoms with Crippen LogP contribution in [0.25, 0.3) is 0 Å². The van der Waals surface area contributed by atoms with Gasteiger partial charge in [-0.25, -0.2) is 4.98 Å². The Morgan fingerprint density at radius 3 is 2.55 bits per heavy atom. The summed E-state index contributed by atoms with van der Waals surface area (Å²) in [6.45, 7) is 9.83. The Hall–Kier alpha value is -2.93. The largest absolute Gasteiger partial charge is 0.369 e. The number of carbonyl (C=O) groups excluding carboxylic acids is 2. The Morgan fingerprint density at radius 1 is 1.23 bits per heavy atom. The first-order valence-corrected chi connectivity index (χ1v) is 11.0. The minimum absolute atomic E-state index is 0.136. The van der Waals surface area contributed by atoms with Crippen molar-refractivity contribution >= 4 is 23.3 Å². The molecule has 1 atom stereocenters. The molecule has 2 amide bonds. The van der Waals surface area contributed by atoms with Crippen molar-refractivity contribution < 1.29 is 9.59 Å². The number of piperidine rings is 1. The van der Waals surface area contributed by atoms with Crippen LogP contribution in [-0.2, 0) is 11.3 Å². The Balaban J connectivity index is 1.58. The van der Waals surface area contributed by atoms with Gasteiger partial charge in [-0.2, -0.15) is 0 Å². The van der Waals surface area contributed by atoms with Gasteiger partial charge in [0.05, 0.1) is 17.8 Å². The zero-order valence-corrected chi connectivity index (χ0v) is 18.7. The first-order valence-electron chi connectivity index (χ1n) is 11.0. The molecule has 2 aromatic rings. The first-order chi connectivity index (χ1) is 14.9. The number of hydrogen-bond acceptors (Lipinski definition) is 5. The third kappa shape index (κ3) is 6.04. The minimum atomic E-state index is -0.258. The number of nitrogens with zero attached hydrogens (tertiary/aromatic N) is 3. The standard InChI is InChI=1S/C24H33N5O2/c1-4-28(17(2)3)15-18-7-9-19(10-8-18)24(31)27-21-11-12-22(26-14-21)29-13-5-6-20(16-29)23(25)30/h7-12,14,17,20H,4-6,13,15-16H2,1-3H3,(H2,25,30)(H,27,31). The monoisotopic (exact) mass is 423 g/mol. The van der Waals surface area contributed by atoms with Crippen molar-refractivity contribution in [1.82, 2.24) is 9.88 Å². The van der Waals surface area contributed by atoms with E-state index in [4.69, 9.17) is 5.73 Å². The number of benzene rings is 1. The topological polar surface area (TPSA) is 91.6 Å². The molecule has 166 valence electrons. The highest BCUT2D eigenvalue weighted by Crippen LogP contribution is 2.22. The smallest absolute Gasteiger partial charge is 0.255 e. The van der Waals surface area contributed by atoms with E-state index in [9.17, 15) is 9.59 Å². The molecule has 0 spiro atoms. The lowest BCUT2D eigenvalue weighted by Gasteiger charge is -2.32. The van der Waals surface area contributed by atoms with Crippen molar-refractivity contribution in [2.75, 3.05) is 29.9 Å². The summed E-state index contributed by atoms with van der Waals surface area (Å²) in [6.07, 6.45) is 3.39. The highest BCUT2D eigenvalue weighted by atomic mass is 16.2. The SMILES string of the molecule is CCN(Cc1ccc(C(=O)Nc2ccc(N3CCCC(C(N)=O)C3)nc2)cc1)C(C)C. The van der Waals surface area contributed by atoms with E-state index in [1.165, 1.54) is 5.56 Å². The Bertz CT molecular complexity index is 880. The fourth-order valence-electron chi connectivity index (χ4n) is 3.92. The second-order valence-electron chi connectivity index (χ2n) is 8.40. The Kier molecular flexibility index (Phi) is 7.63. The number of aromatic nitrogens is 1.